The summed E-state index contributed by atoms with van der Waals surface area (Å²) in [6.45, 7) is 0.924. The van der Waals surface area contributed by atoms with Crippen molar-refractivity contribution >= 4 is 17.9 Å². The van der Waals surface area contributed by atoms with Crippen LogP contribution in [0.5, 0.6) is 0 Å². The van der Waals surface area contributed by atoms with E-state index in [1.807, 2.05) is 0 Å². The number of nitrogens with zero attached hydrogens (tertiary/aromatic N) is 3. The lowest BCUT2D eigenvalue weighted by molar-refractivity contribution is -0.141. The molecule has 3 amide bonds. The second kappa shape index (κ2) is 7.09. The monoisotopic (exact) mass is 287 g/mol. The number of morpholine rings is 1. The number of carboxylic acid groups (broad SMARTS) is 1. The minimum atomic E-state index is -0.958. The third kappa shape index (κ3) is 4.69. The maximum atomic E-state index is 12.2. The highest BCUT2D eigenvalue weighted by atomic mass is 16.5. The van der Waals surface area contributed by atoms with Gasteiger partial charge in [-0.3, -0.25) is 9.59 Å². The molecule has 1 fully saturated rings. The van der Waals surface area contributed by atoms with Crippen LogP contribution < -0.4 is 0 Å². The van der Waals surface area contributed by atoms with Crippen molar-refractivity contribution in [1.29, 1.82) is 0 Å². The summed E-state index contributed by atoms with van der Waals surface area (Å²) in [7, 11) is 4.79. The van der Waals surface area contributed by atoms with E-state index in [9.17, 15) is 14.4 Å². The largest absolute Gasteiger partial charge is 0.481 e. The van der Waals surface area contributed by atoms with Crippen molar-refractivity contribution in [1.82, 2.24) is 14.7 Å². The zero-order valence-electron chi connectivity index (χ0n) is 12.0. The number of rotatable bonds is 4. The first-order valence-electron chi connectivity index (χ1n) is 6.35. The highest BCUT2D eigenvalue weighted by molar-refractivity contribution is 5.83. The molecule has 1 aliphatic rings. The summed E-state index contributed by atoms with van der Waals surface area (Å²) in [6, 6.07) is -0.293. The Bertz CT molecular complexity index is 385. The van der Waals surface area contributed by atoms with Crippen LogP contribution in [0.15, 0.2) is 0 Å². The Kier molecular flexibility index (Phi) is 5.75. The highest BCUT2D eigenvalue weighted by Gasteiger charge is 2.28. The number of carbonyl (C=O) groups excluding carboxylic acids is 2. The average molecular weight is 287 g/mol. The lowest BCUT2D eigenvalue weighted by atomic mass is 10.2. The van der Waals surface area contributed by atoms with Gasteiger partial charge >= 0.3 is 12.0 Å². The van der Waals surface area contributed by atoms with Gasteiger partial charge in [-0.25, -0.2) is 4.79 Å². The SMILES string of the molecule is CN(C)C(=O)CN(C)C(=O)N1CCOC(CC(=O)O)C1. The number of hydrogen-bond donors (Lipinski definition) is 1. The Labute approximate surface area is 117 Å². The zero-order valence-corrected chi connectivity index (χ0v) is 12.0. The van der Waals surface area contributed by atoms with Crippen molar-refractivity contribution in [3.05, 3.63) is 0 Å². The molecule has 114 valence electrons. The fourth-order valence-electron chi connectivity index (χ4n) is 1.86. The van der Waals surface area contributed by atoms with Gasteiger partial charge in [0.1, 0.15) is 6.54 Å². The maximum Gasteiger partial charge on any atom is 0.320 e. The fourth-order valence-corrected chi connectivity index (χ4v) is 1.86. The van der Waals surface area contributed by atoms with Gasteiger partial charge < -0.3 is 24.5 Å². The van der Waals surface area contributed by atoms with Gasteiger partial charge in [0.15, 0.2) is 0 Å². The van der Waals surface area contributed by atoms with Crippen molar-refractivity contribution in [2.24, 2.45) is 0 Å². The van der Waals surface area contributed by atoms with E-state index in [0.717, 1.165) is 0 Å². The van der Waals surface area contributed by atoms with Gasteiger partial charge in [0, 0.05) is 34.2 Å². The molecule has 1 aliphatic heterocycles. The fraction of sp³-hybridized carbons (Fsp3) is 0.750. The molecule has 0 aromatic heterocycles. The normalized spacial score (nSPS) is 18.6. The van der Waals surface area contributed by atoms with Crippen LogP contribution in [0.25, 0.3) is 0 Å². The van der Waals surface area contributed by atoms with Crippen molar-refractivity contribution in [3.63, 3.8) is 0 Å². The molecule has 1 heterocycles. The number of aliphatic carboxylic acids is 1. The van der Waals surface area contributed by atoms with Gasteiger partial charge in [-0.2, -0.15) is 0 Å². The number of amides is 3. The van der Waals surface area contributed by atoms with E-state index in [2.05, 4.69) is 0 Å². The molecule has 1 N–H and O–H groups in total. The van der Waals surface area contributed by atoms with Gasteiger partial charge in [0.25, 0.3) is 0 Å². The van der Waals surface area contributed by atoms with Crippen molar-refractivity contribution < 1.29 is 24.2 Å². The van der Waals surface area contributed by atoms with Gasteiger partial charge in [-0.05, 0) is 0 Å². The van der Waals surface area contributed by atoms with Crippen LogP contribution in [0.1, 0.15) is 6.42 Å². The van der Waals surface area contributed by atoms with Gasteiger partial charge in [0.05, 0.1) is 19.1 Å². The first kappa shape index (κ1) is 16.2. The standard InChI is InChI=1S/C12H21N3O5/c1-13(2)10(16)8-14(3)12(19)15-4-5-20-9(7-15)6-11(17)18/h9H,4-8H2,1-3H3,(H,17,18). The van der Waals surface area contributed by atoms with E-state index in [4.69, 9.17) is 9.84 Å². The van der Waals surface area contributed by atoms with Crippen LogP contribution in [0.4, 0.5) is 4.79 Å². The van der Waals surface area contributed by atoms with Crippen molar-refractivity contribution in [3.8, 4) is 0 Å². The Balaban J connectivity index is 2.53. The van der Waals surface area contributed by atoms with Crippen LogP contribution in [0.2, 0.25) is 0 Å². The van der Waals surface area contributed by atoms with E-state index in [1.165, 1.54) is 14.7 Å². The second-order valence-electron chi connectivity index (χ2n) is 4.96. The van der Waals surface area contributed by atoms with E-state index >= 15 is 0 Å². The molecule has 1 saturated heterocycles. The van der Waals surface area contributed by atoms with Crippen LogP contribution in [-0.4, -0.2) is 91.2 Å². The first-order valence-corrected chi connectivity index (χ1v) is 6.35. The van der Waals surface area contributed by atoms with E-state index in [0.29, 0.717) is 13.2 Å². The molecule has 20 heavy (non-hydrogen) atoms. The molecule has 8 heteroatoms. The predicted octanol–water partition coefficient (Wildman–Crippen LogP) is -0.698. The molecule has 1 atom stereocenters. The summed E-state index contributed by atoms with van der Waals surface area (Å²) >= 11 is 0. The molecule has 0 aliphatic carbocycles. The number of carbonyl (C=O) groups is 3. The Morgan fingerprint density at radius 2 is 1.95 bits per heavy atom. The van der Waals surface area contributed by atoms with Gasteiger partial charge in [-0.15, -0.1) is 0 Å². The van der Waals surface area contributed by atoms with E-state index < -0.39 is 12.1 Å². The van der Waals surface area contributed by atoms with Crippen LogP contribution in [0.3, 0.4) is 0 Å². The minimum Gasteiger partial charge on any atom is -0.481 e. The second-order valence-corrected chi connectivity index (χ2v) is 4.96. The Morgan fingerprint density at radius 3 is 2.50 bits per heavy atom. The third-order valence-electron chi connectivity index (χ3n) is 3.01. The van der Waals surface area contributed by atoms with Crippen LogP contribution in [-0.2, 0) is 14.3 Å². The van der Waals surface area contributed by atoms with Crippen LogP contribution >= 0.6 is 0 Å². The maximum absolute atomic E-state index is 12.2. The van der Waals surface area contributed by atoms with Crippen molar-refractivity contribution in [2.75, 3.05) is 47.4 Å². The molecule has 0 aromatic carbocycles. The summed E-state index contributed by atoms with van der Waals surface area (Å²) in [6.07, 6.45) is -0.632. The molecule has 1 unspecified atom stereocenters. The molecule has 8 nitrogen and oxygen atoms in total. The van der Waals surface area contributed by atoms with Crippen LogP contribution in [0, 0.1) is 0 Å². The zero-order chi connectivity index (χ0) is 15.3. The number of carboxylic acids is 1. The summed E-state index contributed by atoms with van der Waals surface area (Å²) in [5.41, 5.74) is 0. The smallest absolute Gasteiger partial charge is 0.320 e. The quantitative estimate of drug-likeness (QED) is 0.738. The van der Waals surface area contributed by atoms with Gasteiger partial charge in [0.2, 0.25) is 5.91 Å². The van der Waals surface area contributed by atoms with E-state index in [-0.39, 0.29) is 31.4 Å². The molecule has 0 radical (unpaired) electrons. The number of hydrogen-bond acceptors (Lipinski definition) is 4. The van der Waals surface area contributed by atoms with Gasteiger partial charge in [-0.1, -0.05) is 0 Å². The third-order valence-corrected chi connectivity index (χ3v) is 3.01. The topological polar surface area (TPSA) is 90.4 Å². The number of ether oxygens (including phenoxy) is 1. The summed E-state index contributed by atoms with van der Waals surface area (Å²) < 4.78 is 5.30. The molecule has 0 saturated carbocycles. The highest BCUT2D eigenvalue weighted by Crippen LogP contribution is 2.10. The summed E-state index contributed by atoms with van der Waals surface area (Å²) in [5, 5.41) is 8.74. The number of urea groups is 1. The minimum absolute atomic E-state index is 0.00716. The molecular weight excluding hydrogens is 266 g/mol. The summed E-state index contributed by atoms with van der Waals surface area (Å²) in [4.78, 5) is 38.6. The first-order chi connectivity index (χ1) is 9.31. The predicted molar refractivity (Wildman–Crippen MR) is 70.3 cm³/mol. The average Bonchev–Trinajstić information content (AvgIpc) is 2.37. The Hall–Kier alpha value is -1.83. The Morgan fingerprint density at radius 1 is 1.30 bits per heavy atom. The van der Waals surface area contributed by atoms with E-state index in [1.54, 1.807) is 21.1 Å². The van der Waals surface area contributed by atoms with Crippen molar-refractivity contribution in [2.45, 2.75) is 12.5 Å². The lowest BCUT2D eigenvalue weighted by Crippen LogP contribution is -2.52. The molecular formula is C12H21N3O5. The molecule has 0 spiro atoms. The molecule has 0 bridgehead atoms. The number of likely N-dealkylation sites (N-methyl/N-ethyl adjacent to an activating group) is 2. The molecule has 1 rings (SSSR count). The lowest BCUT2D eigenvalue weighted by Gasteiger charge is -2.34. The molecule has 0 aromatic rings. The summed E-state index contributed by atoms with van der Waals surface area (Å²) in [5.74, 6) is -1.13.